The molecular formula is C19H22F3N5O. The molecule has 0 unspecified atom stereocenters. The standard InChI is InChI=1S/C19H22F3N5O/c1-23-9-11-10-27(17(25-11)19(20,21)22)14-8-13-12(7-15(14)28-3)18(5-4-6-18)16(24-2)26-13/h7-8,10,23H,4-6,9H2,1-3H3,(H,24,26). The first-order valence-corrected chi connectivity index (χ1v) is 9.14. The molecule has 9 heteroatoms. The number of fused-ring (bicyclic) bond motifs is 2. The molecule has 1 aliphatic heterocycles. The summed E-state index contributed by atoms with van der Waals surface area (Å²) in [6.45, 7) is 0.231. The Bertz CT molecular complexity index is 944. The number of nitrogens with zero attached hydrogens (tertiary/aromatic N) is 3. The van der Waals surface area contributed by atoms with Gasteiger partial charge < -0.3 is 15.4 Å². The molecule has 1 saturated carbocycles. The van der Waals surface area contributed by atoms with E-state index in [1.165, 1.54) is 13.3 Å². The Morgan fingerprint density at radius 3 is 2.54 bits per heavy atom. The molecular weight excluding hydrogens is 371 g/mol. The first-order valence-electron chi connectivity index (χ1n) is 9.14. The molecule has 0 radical (unpaired) electrons. The van der Waals surface area contributed by atoms with Crippen LogP contribution in [0.15, 0.2) is 23.3 Å². The Labute approximate surface area is 160 Å². The fourth-order valence-corrected chi connectivity index (χ4v) is 4.15. The summed E-state index contributed by atoms with van der Waals surface area (Å²) in [5, 5.41) is 5.99. The summed E-state index contributed by atoms with van der Waals surface area (Å²) in [5.41, 5.74) is 2.09. The van der Waals surface area contributed by atoms with E-state index in [1.54, 1.807) is 13.1 Å². The van der Waals surface area contributed by atoms with Crippen molar-refractivity contribution in [3.8, 4) is 11.4 Å². The number of alkyl halides is 3. The third kappa shape index (κ3) is 2.68. The number of hydrogen-bond acceptors (Lipinski definition) is 5. The Morgan fingerprint density at radius 1 is 1.25 bits per heavy atom. The first-order chi connectivity index (χ1) is 13.3. The van der Waals surface area contributed by atoms with Crippen molar-refractivity contribution < 1.29 is 17.9 Å². The monoisotopic (exact) mass is 393 g/mol. The van der Waals surface area contributed by atoms with Gasteiger partial charge in [-0.25, -0.2) is 9.98 Å². The topological polar surface area (TPSA) is 63.5 Å². The predicted molar refractivity (Wildman–Crippen MR) is 99.6 cm³/mol. The van der Waals surface area contributed by atoms with Crippen molar-refractivity contribution in [2.24, 2.45) is 4.99 Å². The van der Waals surface area contributed by atoms with Gasteiger partial charge in [0.1, 0.15) is 11.6 Å². The lowest BCUT2D eigenvalue weighted by Crippen LogP contribution is -2.45. The van der Waals surface area contributed by atoms with Crippen molar-refractivity contribution in [3.05, 3.63) is 35.4 Å². The number of aromatic nitrogens is 2. The van der Waals surface area contributed by atoms with Gasteiger partial charge in [0.2, 0.25) is 5.82 Å². The molecule has 0 atom stereocenters. The molecule has 0 saturated heterocycles. The summed E-state index contributed by atoms with van der Waals surface area (Å²) in [6, 6.07) is 3.49. The molecule has 0 amide bonds. The van der Waals surface area contributed by atoms with Crippen LogP contribution in [0.1, 0.15) is 36.3 Å². The van der Waals surface area contributed by atoms with E-state index in [9.17, 15) is 13.2 Å². The summed E-state index contributed by atoms with van der Waals surface area (Å²) in [7, 11) is 4.95. The summed E-state index contributed by atoms with van der Waals surface area (Å²) in [5.74, 6) is 0.257. The van der Waals surface area contributed by atoms with Gasteiger partial charge >= 0.3 is 6.18 Å². The average Bonchev–Trinajstić information content (AvgIpc) is 3.18. The van der Waals surface area contributed by atoms with Crippen molar-refractivity contribution in [2.45, 2.75) is 37.4 Å². The van der Waals surface area contributed by atoms with Gasteiger partial charge in [-0.2, -0.15) is 13.2 Å². The number of aliphatic imine (C=N–C) groups is 1. The number of benzene rings is 1. The number of amidine groups is 1. The van der Waals surface area contributed by atoms with Crippen LogP contribution >= 0.6 is 0 Å². The van der Waals surface area contributed by atoms with Crippen LogP contribution in [-0.2, 0) is 18.1 Å². The van der Waals surface area contributed by atoms with Gasteiger partial charge in [-0.1, -0.05) is 6.42 Å². The van der Waals surface area contributed by atoms with E-state index >= 15 is 0 Å². The van der Waals surface area contributed by atoms with Gasteiger partial charge in [0.25, 0.3) is 0 Å². The van der Waals surface area contributed by atoms with Gasteiger partial charge in [0, 0.05) is 19.8 Å². The smallest absolute Gasteiger partial charge is 0.450 e. The molecule has 0 bridgehead atoms. The van der Waals surface area contributed by atoms with Gasteiger partial charge in [-0.15, -0.1) is 0 Å². The van der Waals surface area contributed by atoms with E-state index < -0.39 is 12.0 Å². The van der Waals surface area contributed by atoms with Crippen molar-refractivity contribution in [3.63, 3.8) is 0 Å². The lowest BCUT2D eigenvalue weighted by molar-refractivity contribution is -0.146. The quantitative estimate of drug-likeness (QED) is 0.837. The number of likely N-dealkylation sites (N-methyl/N-ethyl adjacent to an activating group) is 1. The third-order valence-electron chi connectivity index (χ3n) is 5.57. The highest BCUT2D eigenvalue weighted by Gasteiger charge is 2.48. The highest BCUT2D eigenvalue weighted by Crippen LogP contribution is 2.54. The number of ether oxygens (including phenoxy) is 1. The fourth-order valence-electron chi connectivity index (χ4n) is 4.15. The van der Waals surface area contributed by atoms with E-state index in [0.29, 0.717) is 17.1 Å². The summed E-state index contributed by atoms with van der Waals surface area (Å²) in [6.07, 6.45) is -0.178. The van der Waals surface area contributed by atoms with Crippen LogP contribution in [0.5, 0.6) is 5.75 Å². The molecule has 2 aliphatic rings. The van der Waals surface area contributed by atoms with Gasteiger partial charge in [0.05, 0.1) is 29.6 Å². The van der Waals surface area contributed by atoms with E-state index in [0.717, 1.165) is 35.2 Å². The highest BCUT2D eigenvalue weighted by molar-refractivity contribution is 6.01. The average molecular weight is 393 g/mol. The van der Waals surface area contributed by atoms with E-state index in [-0.39, 0.29) is 17.6 Å². The first kappa shape index (κ1) is 18.8. The molecule has 1 aliphatic carbocycles. The van der Waals surface area contributed by atoms with Gasteiger partial charge in [-0.3, -0.25) is 4.57 Å². The zero-order chi connectivity index (χ0) is 20.1. The number of nitrogens with one attached hydrogen (secondary N) is 2. The maximum atomic E-state index is 13.6. The second-order valence-corrected chi connectivity index (χ2v) is 7.14. The number of imidazole rings is 1. The Balaban J connectivity index is 1.90. The minimum atomic E-state index is -4.59. The largest absolute Gasteiger partial charge is 0.495 e. The van der Waals surface area contributed by atoms with E-state index in [1.807, 2.05) is 13.1 Å². The van der Waals surface area contributed by atoms with E-state index in [2.05, 4.69) is 20.6 Å². The van der Waals surface area contributed by atoms with Crippen LogP contribution in [-0.4, -0.2) is 36.6 Å². The van der Waals surface area contributed by atoms with Gasteiger partial charge in [0.15, 0.2) is 0 Å². The molecule has 1 aromatic heterocycles. The zero-order valence-corrected chi connectivity index (χ0v) is 15.9. The number of hydrogen-bond donors (Lipinski definition) is 2. The molecule has 150 valence electrons. The lowest BCUT2D eigenvalue weighted by Gasteiger charge is -2.40. The molecule has 28 heavy (non-hydrogen) atoms. The maximum Gasteiger partial charge on any atom is 0.450 e. The second-order valence-electron chi connectivity index (χ2n) is 7.14. The fraction of sp³-hybridized carbons (Fsp3) is 0.474. The SMILES string of the molecule is CNCc1cn(-c2cc3c(cc2OC)C2(CCC2)C(NC)=N3)c(C(F)(F)F)n1. The minimum Gasteiger partial charge on any atom is -0.495 e. The van der Waals surface area contributed by atoms with Crippen LogP contribution in [0.3, 0.4) is 0 Å². The molecule has 1 aromatic carbocycles. The van der Waals surface area contributed by atoms with Crippen LogP contribution in [0.25, 0.3) is 5.69 Å². The van der Waals surface area contributed by atoms with Crippen LogP contribution in [0, 0.1) is 0 Å². The highest BCUT2D eigenvalue weighted by atomic mass is 19.4. The maximum absolute atomic E-state index is 13.6. The zero-order valence-electron chi connectivity index (χ0n) is 15.9. The Kier molecular flexibility index (Phi) is 4.37. The van der Waals surface area contributed by atoms with Crippen LogP contribution < -0.4 is 15.4 Å². The Morgan fingerprint density at radius 2 is 2.00 bits per heavy atom. The third-order valence-corrected chi connectivity index (χ3v) is 5.57. The number of rotatable bonds is 4. The molecule has 4 rings (SSSR count). The molecule has 2 N–H and O–H groups in total. The summed E-state index contributed by atoms with van der Waals surface area (Å²) >= 11 is 0. The van der Waals surface area contributed by atoms with E-state index in [4.69, 9.17) is 4.74 Å². The van der Waals surface area contributed by atoms with Crippen molar-refractivity contribution in [1.82, 2.24) is 20.2 Å². The molecule has 6 nitrogen and oxygen atoms in total. The predicted octanol–water partition coefficient (Wildman–Crippen LogP) is 3.30. The number of halogens is 3. The van der Waals surface area contributed by atoms with Gasteiger partial charge in [-0.05, 0) is 37.6 Å². The second kappa shape index (κ2) is 6.51. The molecule has 1 spiro atoms. The van der Waals surface area contributed by atoms with Crippen molar-refractivity contribution in [2.75, 3.05) is 21.2 Å². The summed E-state index contributed by atoms with van der Waals surface area (Å²) < 4.78 is 47.4. The molecule has 2 heterocycles. The Hall–Kier alpha value is -2.55. The van der Waals surface area contributed by atoms with Crippen LogP contribution in [0.4, 0.5) is 18.9 Å². The molecule has 2 aromatic rings. The van der Waals surface area contributed by atoms with Crippen molar-refractivity contribution >= 4 is 11.5 Å². The van der Waals surface area contributed by atoms with Crippen LogP contribution in [0.2, 0.25) is 0 Å². The minimum absolute atomic E-state index is 0.172. The van der Waals surface area contributed by atoms with Crippen molar-refractivity contribution in [1.29, 1.82) is 0 Å². The number of methoxy groups -OCH3 is 1. The molecule has 1 fully saturated rings. The summed E-state index contributed by atoms with van der Waals surface area (Å²) in [4.78, 5) is 8.44. The lowest BCUT2D eigenvalue weighted by atomic mass is 9.64. The normalized spacial score (nSPS) is 17.3.